The van der Waals surface area contributed by atoms with Gasteiger partial charge < -0.3 is 4.42 Å². The second kappa shape index (κ2) is 7.57. The zero-order valence-electron chi connectivity index (χ0n) is 14.2. The third-order valence-corrected chi connectivity index (χ3v) is 3.76. The van der Waals surface area contributed by atoms with Crippen LogP contribution in [0.5, 0.6) is 0 Å². The molecule has 0 saturated heterocycles. The van der Waals surface area contributed by atoms with Crippen molar-refractivity contribution in [1.29, 1.82) is 0 Å². The van der Waals surface area contributed by atoms with Crippen LogP contribution in [0.3, 0.4) is 0 Å². The van der Waals surface area contributed by atoms with Gasteiger partial charge in [-0.2, -0.15) is 0 Å². The molecule has 25 heavy (non-hydrogen) atoms. The molecule has 5 heteroatoms. The van der Waals surface area contributed by atoms with Gasteiger partial charge in [0.15, 0.2) is 0 Å². The van der Waals surface area contributed by atoms with E-state index in [2.05, 4.69) is 47.6 Å². The smallest absolute Gasteiger partial charge is 0.322 e. The largest absolute Gasteiger partial charge is 0.407 e. The van der Waals surface area contributed by atoms with E-state index in [1.165, 1.54) is 17.2 Å². The molecule has 0 unspecified atom stereocenters. The first-order chi connectivity index (χ1) is 12.1. The molecule has 0 aliphatic rings. The van der Waals surface area contributed by atoms with Crippen LogP contribution in [0.15, 0.2) is 59.0 Å². The van der Waals surface area contributed by atoms with Crippen LogP contribution < -0.4 is 5.32 Å². The SMILES string of the molecule is Cc1ccc(Cc2nnc(NC(=O)C=Cc3ccccc3)o2)c(C)c1. The lowest BCUT2D eigenvalue weighted by molar-refractivity contribution is -0.112. The van der Waals surface area contributed by atoms with Crippen LogP contribution in [0.1, 0.15) is 28.1 Å². The molecule has 0 spiro atoms. The highest BCUT2D eigenvalue weighted by atomic mass is 16.4. The second-order valence-electron chi connectivity index (χ2n) is 5.84. The van der Waals surface area contributed by atoms with Crippen LogP contribution in [0.2, 0.25) is 0 Å². The molecule has 1 N–H and O–H groups in total. The minimum absolute atomic E-state index is 0.0995. The van der Waals surface area contributed by atoms with Crippen molar-refractivity contribution in [3.8, 4) is 0 Å². The molecule has 0 bridgehead atoms. The zero-order chi connectivity index (χ0) is 17.6. The highest BCUT2D eigenvalue weighted by molar-refractivity contribution is 6.00. The summed E-state index contributed by atoms with van der Waals surface area (Å²) in [4.78, 5) is 11.9. The Hall–Kier alpha value is -3.21. The summed E-state index contributed by atoms with van der Waals surface area (Å²) in [6.45, 7) is 4.11. The van der Waals surface area contributed by atoms with Crippen LogP contribution in [-0.2, 0) is 11.2 Å². The number of benzene rings is 2. The Morgan fingerprint density at radius 3 is 2.68 bits per heavy atom. The van der Waals surface area contributed by atoms with Gasteiger partial charge in [-0.25, -0.2) is 0 Å². The van der Waals surface area contributed by atoms with E-state index in [0.717, 1.165) is 11.1 Å². The molecule has 126 valence electrons. The van der Waals surface area contributed by atoms with Crippen molar-refractivity contribution in [2.45, 2.75) is 20.3 Å². The molecule has 2 aromatic carbocycles. The fraction of sp³-hybridized carbons (Fsp3) is 0.150. The summed E-state index contributed by atoms with van der Waals surface area (Å²) in [7, 11) is 0. The number of hydrogen-bond acceptors (Lipinski definition) is 4. The molecule has 3 aromatic rings. The summed E-state index contributed by atoms with van der Waals surface area (Å²) in [5.74, 6) is 0.153. The van der Waals surface area contributed by atoms with Gasteiger partial charge in [0, 0.05) is 6.08 Å². The van der Waals surface area contributed by atoms with E-state index in [1.54, 1.807) is 6.08 Å². The van der Waals surface area contributed by atoms with Gasteiger partial charge in [-0.05, 0) is 36.6 Å². The van der Waals surface area contributed by atoms with Gasteiger partial charge in [-0.15, -0.1) is 5.10 Å². The molecule has 1 aromatic heterocycles. The van der Waals surface area contributed by atoms with Gasteiger partial charge in [0.1, 0.15) is 0 Å². The number of nitrogens with zero attached hydrogens (tertiary/aromatic N) is 2. The molecule has 0 saturated carbocycles. The second-order valence-corrected chi connectivity index (χ2v) is 5.84. The lowest BCUT2D eigenvalue weighted by atomic mass is 10.0. The lowest BCUT2D eigenvalue weighted by Crippen LogP contribution is -2.07. The zero-order valence-corrected chi connectivity index (χ0v) is 14.2. The summed E-state index contributed by atoms with van der Waals surface area (Å²) in [6.07, 6.45) is 3.69. The molecule has 5 nitrogen and oxygen atoms in total. The molecule has 1 heterocycles. The van der Waals surface area contributed by atoms with E-state index >= 15 is 0 Å². The number of anilines is 1. The maximum atomic E-state index is 11.9. The number of aryl methyl sites for hydroxylation is 2. The third-order valence-electron chi connectivity index (χ3n) is 3.76. The lowest BCUT2D eigenvalue weighted by Gasteiger charge is -2.03. The molecule has 0 fully saturated rings. The molecule has 1 amide bonds. The normalized spacial score (nSPS) is 11.0. The quantitative estimate of drug-likeness (QED) is 0.718. The number of amides is 1. The van der Waals surface area contributed by atoms with Crippen LogP contribution in [0.25, 0.3) is 6.08 Å². The van der Waals surface area contributed by atoms with E-state index in [1.807, 2.05) is 30.3 Å². The molecule has 0 atom stereocenters. The Balaban J connectivity index is 1.61. The molecular formula is C20H19N3O2. The topological polar surface area (TPSA) is 68.0 Å². The van der Waals surface area contributed by atoms with Crippen molar-refractivity contribution in [2.75, 3.05) is 5.32 Å². The van der Waals surface area contributed by atoms with Crippen LogP contribution in [0, 0.1) is 13.8 Å². The Morgan fingerprint density at radius 1 is 1.12 bits per heavy atom. The fourth-order valence-electron chi connectivity index (χ4n) is 2.47. The van der Waals surface area contributed by atoms with Gasteiger partial charge in [-0.3, -0.25) is 10.1 Å². The van der Waals surface area contributed by atoms with Crippen LogP contribution >= 0.6 is 0 Å². The van der Waals surface area contributed by atoms with Gasteiger partial charge in [0.25, 0.3) is 5.91 Å². The number of carbonyl (C=O) groups excluding carboxylic acids is 1. The summed E-state index contributed by atoms with van der Waals surface area (Å²) in [5.41, 5.74) is 4.45. The fourth-order valence-corrected chi connectivity index (χ4v) is 2.47. The van der Waals surface area contributed by atoms with Crippen LogP contribution in [-0.4, -0.2) is 16.1 Å². The van der Waals surface area contributed by atoms with Crippen molar-refractivity contribution in [2.24, 2.45) is 0 Å². The Labute approximate surface area is 146 Å². The number of aromatic nitrogens is 2. The van der Waals surface area contributed by atoms with E-state index in [0.29, 0.717) is 12.3 Å². The maximum absolute atomic E-state index is 11.9. The van der Waals surface area contributed by atoms with Gasteiger partial charge >= 0.3 is 6.01 Å². The van der Waals surface area contributed by atoms with Crippen molar-refractivity contribution in [3.63, 3.8) is 0 Å². The Bertz CT molecular complexity index is 898. The first kappa shape index (κ1) is 16.6. The minimum Gasteiger partial charge on any atom is -0.407 e. The molecule has 3 rings (SSSR count). The molecular weight excluding hydrogens is 314 g/mol. The van der Waals surface area contributed by atoms with Crippen molar-refractivity contribution >= 4 is 18.0 Å². The number of hydrogen-bond donors (Lipinski definition) is 1. The predicted octanol–water partition coefficient (Wildman–Crippen LogP) is 3.93. The minimum atomic E-state index is -0.314. The van der Waals surface area contributed by atoms with Crippen LogP contribution in [0.4, 0.5) is 6.01 Å². The predicted molar refractivity (Wildman–Crippen MR) is 97.1 cm³/mol. The average molecular weight is 333 g/mol. The first-order valence-corrected chi connectivity index (χ1v) is 8.03. The van der Waals surface area contributed by atoms with E-state index in [4.69, 9.17) is 4.42 Å². The van der Waals surface area contributed by atoms with Gasteiger partial charge in [-0.1, -0.05) is 59.2 Å². The Morgan fingerprint density at radius 2 is 1.92 bits per heavy atom. The van der Waals surface area contributed by atoms with E-state index in [-0.39, 0.29) is 11.9 Å². The summed E-state index contributed by atoms with van der Waals surface area (Å²) in [6, 6.07) is 15.9. The number of nitrogens with one attached hydrogen (secondary N) is 1. The molecule has 0 aliphatic heterocycles. The average Bonchev–Trinajstić information content (AvgIpc) is 3.03. The monoisotopic (exact) mass is 333 g/mol. The number of carbonyl (C=O) groups is 1. The van der Waals surface area contributed by atoms with Crippen molar-refractivity contribution in [1.82, 2.24) is 10.2 Å². The maximum Gasteiger partial charge on any atom is 0.322 e. The summed E-state index contributed by atoms with van der Waals surface area (Å²) < 4.78 is 5.51. The summed E-state index contributed by atoms with van der Waals surface area (Å²) in [5, 5.41) is 10.4. The van der Waals surface area contributed by atoms with Crippen molar-refractivity contribution in [3.05, 3.63) is 82.8 Å². The van der Waals surface area contributed by atoms with Crippen molar-refractivity contribution < 1.29 is 9.21 Å². The van der Waals surface area contributed by atoms with Gasteiger partial charge in [0.2, 0.25) is 5.89 Å². The summed E-state index contributed by atoms with van der Waals surface area (Å²) >= 11 is 0. The van der Waals surface area contributed by atoms with E-state index in [9.17, 15) is 4.79 Å². The standard InChI is InChI=1S/C20H19N3O2/c1-14-8-10-17(15(2)12-14)13-19-22-23-20(25-19)21-18(24)11-9-16-6-4-3-5-7-16/h3-12H,13H2,1-2H3,(H,21,23,24). The molecule has 0 radical (unpaired) electrons. The van der Waals surface area contributed by atoms with E-state index < -0.39 is 0 Å². The molecule has 0 aliphatic carbocycles. The third kappa shape index (κ3) is 4.64. The highest BCUT2D eigenvalue weighted by Crippen LogP contribution is 2.16. The van der Waals surface area contributed by atoms with Gasteiger partial charge in [0.05, 0.1) is 6.42 Å². The highest BCUT2D eigenvalue weighted by Gasteiger charge is 2.10. The Kier molecular flexibility index (Phi) is 5.04. The number of rotatable bonds is 5. The first-order valence-electron chi connectivity index (χ1n) is 8.03.